The van der Waals surface area contributed by atoms with Crippen LogP contribution in [0, 0.1) is 0 Å². The second-order valence-corrected chi connectivity index (χ2v) is 4.98. The minimum Gasteiger partial charge on any atom is -0.347 e. The first kappa shape index (κ1) is 13.2. The number of hydrogen-bond donors (Lipinski definition) is 1. The molecule has 1 aromatic carbocycles. The molecule has 18 heavy (non-hydrogen) atoms. The second-order valence-electron chi connectivity index (χ2n) is 4.98. The van der Waals surface area contributed by atoms with Gasteiger partial charge in [0, 0.05) is 18.3 Å². The molecule has 2 N–H and O–H groups in total. The van der Waals surface area contributed by atoms with Crippen LogP contribution in [0.2, 0.25) is 0 Å². The van der Waals surface area contributed by atoms with Crippen molar-refractivity contribution in [2.45, 2.75) is 45.1 Å². The molecule has 0 aliphatic carbocycles. The molecule has 0 fully saturated rings. The lowest BCUT2D eigenvalue weighted by Crippen LogP contribution is -1.98. The first-order valence-electron chi connectivity index (χ1n) is 7.16. The summed E-state index contributed by atoms with van der Waals surface area (Å²) in [5.74, 6) is 0. The summed E-state index contributed by atoms with van der Waals surface area (Å²) in [6.07, 6.45) is 9.98. The third kappa shape index (κ3) is 3.61. The molecule has 0 bridgehead atoms. The Balaban J connectivity index is 1.70. The van der Waals surface area contributed by atoms with Crippen LogP contribution >= 0.6 is 0 Å². The highest BCUT2D eigenvalue weighted by Crippen LogP contribution is 2.16. The van der Waals surface area contributed by atoms with Gasteiger partial charge in [-0.15, -0.1) is 0 Å². The van der Waals surface area contributed by atoms with E-state index in [1.165, 1.54) is 49.4 Å². The van der Waals surface area contributed by atoms with E-state index in [2.05, 4.69) is 41.1 Å². The molecule has 0 aliphatic rings. The van der Waals surface area contributed by atoms with Crippen LogP contribution < -0.4 is 5.73 Å². The van der Waals surface area contributed by atoms with Gasteiger partial charge in [-0.1, -0.05) is 43.9 Å². The smallest absolute Gasteiger partial charge is 0.0480 e. The SMILES string of the molecule is NCCCCCCCCn1ccc2ccccc21. The van der Waals surface area contributed by atoms with E-state index in [0.717, 1.165) is 13.1 Å². The van der Waals surface area contributed by atoms with E-state index in [9.17, 15) is 0 Å². The Labute approximate surface area is 110 Å². The highest BCUT2D eigenvalue weighted by molar-refractivity contribution is 5.79. The van der Waals surface area contributed by atoms with Crippen molar-refractivity contribution in [3.8, 4) is 0 Å². The summed E-state index contributed by atoms with van der Waals surface area (Å²) < 4.78 is 2.37. The Morgan fingerprint density at radius 1 is 0.833 bits per heavy atom. The Morgan fingerprint density at radius 3 is 2.39 bits per heavy atom. The molecule has 1 heterocycles. The number of rotatable bonds is 8. The lowest BCUT2D eigenvalue weighted by Gasteiger charge is -2.05. The fourth-order valence-electron chi connectivity index (χ4n) is 2.47. The number of nitrogens with zero attached hydrogens (tertiary/aromatic N) is 1. The van der Waals surface area contributed by atoms with Crippen LogP contribution in [0.4, 0.5) is 0 Å². The third-order valence-corrected chi connectivity index (χ3v) is 3.53. The van der Waals surface area contributed by atoms with Crippen molar-refractivity contribution in [3.05, 3.63) is 36.5 Å². The van der Waals surface area contributed by atoms with Crippen LogP contribution in [-0.4, -0.2) is 11.1 Å². The molecule has 2 rings (SSSR count). The second kappa shape index (κ2) is 7.22. The fourth-order valence-corrected chi connectivity index (χ4v) is 2.47. The Morgan fingerprint density at radius 2 is 1.56 bits per heavy atom. The summed E-state index contributed by atoms with van der Waals surface area (Å²) in [5.41, 5.74) is 6.84. The predicted octanol–water partition coefficient (Wildman–Crippen LogP) is 3.94. The number of benzene rings is 1. The van der Waals surface area contributed by atoms with E-state index in [0.29, 0.717) is 0 Å². The molecule has 2 aromatic rings. The summed E-state index contributed by atoms with van der Waals surface area (Å²) in [7, 11) is 0. The van der Waals surface area contributed by atoms with Gasteiger partial charge in [-0.2, -0.15) is 0 Å². The van der Waals surface area contributed by atoms with Crippen molar-refractivity contribution in [1.29, 1.82) is 0 Å². The normalized spacial score (nSPS) is 11.2. The third-order valence-electron chi connectivity index (χ3n) is 3.53. The minimum atomic E-state index is 0.843. The number of para-hydroxylation sites is 1. The molecular weight excluding hydrogens is 220 g/mol. The summed E-state index contributed by atoms with van der Waals surface area (Å²) >= 11 is 0. The van der Waals surface area contributed by atoms with Crippen LogP contribution in [0.25, 0.3) is 10.9 Å². The zero-order valence-electron chi connectivity index (χ0n) is 11.1. The molecule has 0 spiro atoms. The average molecular weight is 244 g/mol. The van der Waals surface area contributed by atoms with Gasteiger partial charge in [0.1, 0.15) is 0 Å². The van der Waals surface area contributed by atoms with E-state index < -0.39 is 0 Å². The quantitative estimate of drug-likeness (QED) is 0.701. The van der Waals surface area contributed by atoms with E-state index in [-0.39, 0.29) is 0 Å². The lowest BCUT2D eigenvalue weighted by atomic mass is 10.1. The summed E-state index contributed by atoms with van der Waals surface area (Å²) in [6.45, 7) is 1.99. The summed E-state index contributed by atoms with van der Waals surface area (Å²) in [5, 5.41) is 1.35. The maximum absolute atomic E-state index is 5.48. The Bertz CT molecular complexity index is 459. The van der Waals surface area contributed by atoms with Gasteiger partial charge in [0.15, 0.2) is 0 Å². The van der Waals surface area contributed by atoms with Crippen molar-refractivity contribution in [2.24, 2.45) is 5.73 Å². The zero-order chi connectivity index (χ0) is 12.6. The first-order chi connectivity index (χ1) is 8.92. The minimum absolute atomic E-state index is 0.843. The Kier molecular flexibility index (Phi) is 5.28. The standard InChI is InChI=1S/C16H24N2/c17-12-7-3-1-2-4-8-13-18-14-11-15-9-5-6-10-16(15)18/h5-6,9-11,14H,1-4,7-8,12-13,17H2. The van der Waals surface area contributed by atoms with Crippen LogP contribution in [0.1, 0.15) is 38.5 Å². The Hall–Kier alpha value is -1.28. The molecule has 0 unspecified atom stereocenters. The fraction of sp³-hybridized carbons (Fsp3) is 0.500. The zero-order valence-corrected chi connectivity index (χ0v) is 11.1. The monoisotopic (exact) mass is 244 g/mol. The van der Waals surface area contributed by atoms with Gasteiger partial charge in [0.2, 0.25) is 0 Å². The van der Waals surface area contributed by atoms with Gasteiger partial charge < -0.3 is 10.3 Å². The molecule has 2 nitrogen and oxygen atoms in total. The van der Waals surface area contributed by atoms with Crippen LogP contribution in [0.3, 0.4) is 0 Å². The number of aryl methyl sites for hydroxylation is 1. The highest BCUT2D eigenvalue weighted by atomic mass is 14.9. The topological polar surface area (TPSA) is 30.9 Å². The van der Waals surface area contributed by atoms with Crippen molar-refractivity contribution in [3.63, 3.8) is 0 Å². The number of nitrogens with two attached hydrogens (primary N) is 1. The number of unbranched alkanes of at least 4 members (excludes halogenated alkanes) is 5. The van der Waals surface area contributed by atoms with Crippen molar-refractivity contribution in [1.82, 2.24) is 4.57 Å². The largest absolute Gasteiger partial charge is 0.347 e. The maximum atomic E-state index is 5.48. The summed E-state index contributed by atoms with van der Waals surface area (Å²) in [4.78, 5) is 0. The lowest BCUT2D eigenvalue weighted by molar-refractivity contribution is 0.560. The number of fused-ring (bicyclic) bond motifs is 1. The first-order valence-corrected chi connectivity index (χ1v) is 7.16. The molecule has 98 valence electrons. The van der Waals surface area contributed by atoms with Crippen LogP contribution in [-0.2, 0) is 6.54 Å². The van der Waals surface area contributed by atoms with Gasteiger partial charge in [0.05, 0.1) is 0 Å². The van der Waals surface area contributed by atoms with Gasteiger partial charge in [0.25, 0.3) is 0 Å². The van der Waals surface area contributed by atoms with E-state index >= 15 is 0 Å². The molecular formula is C16H24N2. The van der Waals surface area contributed by atoms with Crippen molar-refractivity contribution < 1.29 is 0 Å². The number of aromatic nitrogens is 1. The maximum Gasteiger partial charge on any atom is 0.0480 e. The van der Waals surface area contributed by atoms with E-state index in [4.69, 9.17) is 5.73 Å². The van der Waals surface area contributed by atoms with E-state index in [1.807, 2.05) is 0 Å². The molecule has 0 atom stereocenters. The molecule has 0 aliphatic heterocycles. The van der Waals surface area contributed by atoms with Gasteiger partial charge in [-0.3, -0.25) is 0 Å². The highest BCUT2D eigenvalue weighted by Gasteiger charge is 1.99. The predicted molar refractivity (Wildman–Crippen MR) is 78.7 cm³/mol. The van der Waals surface area contributed by atoms with Gasteiger partial charge in [-0.05, 0) is 36.9 Å². The van der Waals surface area contributed by atoms with Gasteiger partial charge in [-0.25, -0.2) is 0 Å². The van der Waals surface area contributed by atoms with E-state index in [1.54, 1.807) is 0 Å². The van der Waals surface area contributed by atoms with Crippen molar-refractivity contribution in [2.75, 3.05) is 6.54 Å². The molecule has 0 amide bonds. The molecule has 0 radical (unpaired) electrons. The van der Waals surface area contributed by atoms with Crippen molar-refractivity contribution >= 4 is 10.9 Å². The summed E-state index contributed by atoms with van der Waals surface area (Å²) in [6, 6.07) is 10.8. The van der Waals surface area contributed by atoms with Gasteiger partial charge >= 0.3 is 0 Å². The average Bonchev–Trinajstić information content (AvgIpc) is 2.81. The molecule has 1 aromatic heterocycles. The molecule has 2 heteroatoms. The molecule has 0 saturated heterocycles. The van der Waals surface area contributed by atoms with Crippen LogP contribution in [0.15, 0.2) is 36.5 Å². The molecule has 0 saturated carbocycles. The number of hydrogen-bond acceptors (Lipinski definition) is 1. The van der Waals surface area contributed by atoms with Crippen LogP contribution in [0.5, 0.6) is 0 Å².